The molecule has 3 aromatic carbocycles. The van der Waals surface area contributed by atoms with Gasteiger partial charge in [-0.25, -0.2) is 10.2 Å². The van der Waals surface area contributed by atoms with E-state index in [9.17, 15) is 14.4 Å². The molecule has 0 aliphatic heterocycles. The molecule has 0 saturated heterocycles. The molecule has 10 heteroatoms. The Hall–Kier alpha value is -3.39. The summed E-state index contributed by atoms with van der Waals surface area (Å²) in [5.41, 5.74) is 3.54. The van der Waals surface area contributed by atoms with Crippen molar-refractivity contribution in [1.29, 1.82) is 0 Å². The van der Waals surface area contributed by atoms with E-state index in [0.717, 1.165) is 0 Å². The van der Waals surface area contributed by atoms with Gasteiger partial charge >= 0.3 is 17.8 Å². The molecule has 2 amide bonds. The number of carbonyl (C=O) groups excluding carboxylic acids is 3. The first kappa shape index (κ1) is 24.3. The maximum Gasteiger partial charge on any atom is 0.343 e. The first-order valence-corrected chi connectivity index (χ1v) is 10.6. The fourth-order valence-electron chi connectivity index (χ4n) is 2.61. The summed E-state index contributed by atoms with van der Waals surface area (Å²) < 4.78 is 5.47. The lowest BCUT2D eigenvalue weighted by atomic mass is 10.1. The molecule has 0 fully saturated rings. The third-order valence-electron chi connectivity index (χ3n) is 4.27. The molecule has 0 aliphatic carbocycles. The van der Waals surface area contributed by atoms with Gasteiger partial charge in [-0.3, -0.25) is 9.59 Å². The lowest BCUT2D eigenvalue weighted by Gasteiger charge is -2.10. The minimum Gasteiger partial charge on any atom is -0.422 e. The van der Waals surface area contributed by atoms with Gasteiger partial charge in [0.25, 0.3) is 0 Å². The Morgan fingerprint density at radius 3 is 2.24 bits per heavy atom. The van der Waals surface area contributed by atoms with Gasteiger partial charge in [0.2, 0.25) is 0 Å². The van der Waals surface area contributed by atoms with E-state index in [-0.39, 0.29) is 10.8 Å². The van der Waals surface area contributed by atoms with E-state index in [1.165, 1.54) is 18.2 Å². The van der Waals surface area contributed by atoms with Crippen LogP contribution in [0.5, 0.6) is 5.75 Å². The fourth-order valence-corrected chi connectivity index (χ4v) is 3.03. The molecule has 0 bridgehead atoms. The van der Waals surface area contributed by atoms with Crippen molar-refractivity contribution >= 4 is 64.0 Å². The second-order valence-corrected chi connectivity index (χ2v) is 7.86. The van der Waals surface area contributed by atoms with E-state index in [4.69, 9.17) is 39.5 Å². The third-order valence-corrected chi connectivity index (χ3v) is 5.26. The molecular formula is C23H16Cl3N3O4. The SMILES string of the molecule is C/C(=N\NC(=O)C(=O)Nc1ccc(Cl)c(Cl)c1)c1ccccc1OC(=O)c1ccc(Cl)cc1. The Bertz CT molecular complexity index is 1240. The predicted octanol–water partition coefficient (Wildman–Crippen LogP) is 5.34. The van der Waals surface area contributed by atoms with Crippen molar-refractivity contribution in [1.82, 2.24) is 5.43 Å². The number of amides is 2. The number of nitrogens with one attached hydrogen (secondary N) is 2. The maximum atomic E-state index is 12.4. The van der Waals surface area contributed by atoms with Crippen molar-refractivity contribution in [3.05, 3.63) is 92.9 Å². The fraction of sp³-hybridized carbons (Fsp3) is 0.0435. The molecule has 0 atom stereocenters. The monoisotopic (exact) mass is 503 g/mol. The molecule has 0 aliphatic rings. The van der Waals surface area contributed by atoms with Gasteiger partial charge < -0.3 is 10.1 Å². The van der Waals surface area contributed by atoms with Crippen LogP contribution >= 0.6 is 34.8 Å². The molecule has 0 aromatic heterocycles. The number of esters is 1. The van der Waals surface area contributed by atoms with Crippen LogP contribution in [0.3, 0.4) is 0 Å². The second-order valence-electron chi connectivity index (χ2n) is 6.61. The summed E-state index contributed by atoms with van der Waals surface area (Å²) in [7, 11) is 0. The summed E-state index contributed by atoms with van der Waals surface area (Å²) in [6.45, 7) is 1.59. The Morgan fingerprint density at radius 1 is 0.848 bits per heavy atom. The molecule has 0 heterocycles. The summed E-state index contributed by atoms with van der Waals surface area (Å²) >= 11 is 17.6. The van der Waals surface area contributed by atoms with Crippen molar-refractivity contribution < 1.29 is 19.1 Å². The van der Waals surface area contributed by atoms with Crippen LogP contribution in [-0.4, -0.2) is 23.5 Å². The molecule has 33 heavy (non-hydrogen) atoms. The van der Waals surface area contributed by atoms with Crippen LogP contribution < -0.4 is 15.5 Å². The number of rotatable bonds is 5. The molecule has 3 aromatic rings. The van der Waals surface area contributed by atoms with Crippen LogP contribution in [-0.2, 0) is 9.59 Å². The number of hydrazone groups is 1. The van der Waals surface area contributed by atoms with Crippen molar-refractivity contribution in [2.24, 2.45) is 5.10 Å². The van der Waals surface area contributed by atoms with Crippen LogP contribution in [0.1, 0.15) is 22.8 Å². The zero-order valence-electron chi connectivity index (χ0n) is 17.1. The number of para-hydroxylation sites is 1. The standard InChI is InChI=1S/C23H16Cl3N3O4/c1-13(28-29-22(31)21(30)27-16-10-11-18(25)19(26)12-16)17-4-2-3-5-20(17)33-23(32)14-6-8-15(24)9-7-14/h2-12H,1H3,(H,27,30)(H,29,31)/b28-13+. The zero-order chi connectivity index (χ0) is 24.0. The van der Waals surface area contributed by atoms with Gasteiger partial charge in [0, 0.05) is 16.3 Å². The normalized spacial score (nSPS) is 11.0. The number of halogens is 3. The largest absolute Gasteiger partial charge is 0.422 e. The summed E-state index contributed by atoms with van der Waals surface area (Å²) in [5.74, 6) is -2.31. The van der Waals surface area contributed by atoms with Crippen LogP contribution in [0.25, 0.3) is 0 Å². The Morgan fingerprint density at radius 2 is 1.55 bits per heavy atom. The topological polar surface area (TPSA) is 96.9 Å². The molecular weight excluding hydrogens is 489 g/mol. The van der Waals surface area contributed by atoms with Crippen molar-refractivity contribution in [2.75, 3.05) is 5.32 Å². The molecule has 7 nitrogen and oxygen atoms in total. The Labute approximate surface area is 204 Å². The minimum absolute atomic E-state index is 0.230. The van der Waals surface area contributed by atoms with Crippen LogP contribution in [0, 0.1) is 0 Å². The predicted molar refractivity (Wildman–Crippen MR) is 128 cm³/mol. The minimum atomic E-state index is -1.00. The van der Waals surface area contributed by atoms with Crippen LogP contribution in [0.4, 0.5) is 5.69 Å². The Balaban J connectivity index is 1.68. The van der Waals surface area contributed by atoms with Crippen LogP contribution in [0.2, 0.25) is 15.1 Å². The lowest BCUT2D eigenvalue weighted by molar-refractivity contribution is -0.136. The van der Waals surface area contributed by atoms with E-state index < -0.39 is 17.8 Å². The van der Waals surface area contributed by atoms with Gasteiger partial charge in [-0.2, -0.15) is 5.10 Å². The van der Waals surface area contributed by atoms with Gasteiger partial charge in [-0.1, -0.05) is 46.9 Å². The van der Waals surface area contributed by atoms with E-state index in [1.807, 2.05) is 0 Å². The number of hydrogen-bond donors (Lipinski definition) is 2. The van der Waals surface area contributed by atoms with Crippen molar-refractivity contribution in [3.8, 4) is 5.75 Å². The summed E-state index contributed by atoms with van der Waals surface area (Å²) in [6.07, 6.45) is 0. The molecule has 2 N–H and O–H groups in total. The van der Waals surface area contributed by atoms with E-state index in [0.29, 0.717) is 32.6 Å². The molecule has 0 unspecified atom stereocenters. The van der Waals surface area contributed by atoms with Gasteiger partial charge in [0.1, 0.15) is 5.75 Å². The van der Waals surface area contributed by atoms with Crippen LogP contribution in [0.15, 0.2) is 71.8 Å². The summed E-state index contributed by atoms with van der Waals surface area (Å²) in [4.78, 5) is 36.7. The average molecular weight is 505 g/mol. The zero-order valence-corrected chi connectivity index (χ0v) is 19.3. The van der Waals surface area contributed by atoms with Gasteiger partial charge in [-0.15, -0.1) is 0 Å². The number of nitrogens with zero attached hydrogens (tertiary/aromatic N) is 1. The molecule has 3 rings (SSSR count). The third kappa shape index (κ3) is 6.55. The number of ether oxygens (including phenoxy) is 1. The highest BCUT2D eigenvalue weighted by Gasteiger charge is 2.16. The van der Waals surface area contributed by atoms with E-state index >= 15 is 0 Å². The quantitative estimate of drug-likeness (QED) is 0.161. The number of hydrogen-bond acceptors (Lipinski definition) is 5. The first-order valence-electron chi connectivity index (χ1n) is 9.42. The van der Waals surface area contributed by atoms with Gasteiger partial charge in [0.15, 0.2) is 0 Å². The number of benzene rings is 3. The highest BCUT2D eigenvalue weighted by atomic mass is 35.5. The highest BCUT2D eigenvalue weighted by Crippen LogP contribution is 2.25. The lowest BCUT2D eigenvalue weighted by Crippen LogP contribution is -2.33. The number of anilines is 1. The van der Waals surface area contributed by atoms with Crippen molar-refractivity contribution in [2.45, 2.75) is 6.92 Å². The van der Waals surface area contributed by atoms with Crippen molar-refractivity contribution in [3.63, 3.8) is 0 Å². The molecule has 0 saturated carbocycles. The van der Waals surface area contributed by atoms with Gasteiger partial charge in [0.05, 0.1) is 21.3 Å². The highest BCUT2D eigenvalue weighted by molar-refractivity contribution is 6.43. The van der Waals surface area contributed by atoms with Gasteiger partial charge in [-0.05, 0) is 61.5 Å². The second kappa shape index (κ2) is 11.0. The first-order chi connectivity index (χ1) is 15.7. The molecule has 168 valence electrons. The molecule has 0 spiro atoms. The number of carbonyl (C=O) groups is 3. The maximum absolute atomic E-state index is 12.4. The van der Waals surface area contributed by atoms with E-state index in [1.54, 1.807) is 55.5 Å². The Kier molecular flexibility index (Phi) is 8.06. The van der Waals surface area contributed by atoms with E-state index in [2.05, 4.69) is 15.8 Å². The molecule has 0 radical (unpaired) electrons. The summed E-state index contributed by atoms with van der Waals surface area (Å²) in [6, 6.07) is 17.3. The smallest absolute Gasteiger partial charge is 0.343 e. The average Bonchev–Trinajstić information content (AvgIpc) is 2.80. The summed E-state index contributed by atoms with van der Waals surface area (Å²) in [5, 5.41) is 7.37.